The molecule has 6 nitrogen and oxygen atoms in total. The summed E-state index contributed by atoms with van der Waals surface area (Å²) in [6, 6.07) is 3.47. The Labute approximate surface area is 135 Å². The van der Waals surface area contributed by atoms with Crippen LogP contribution >= 0.6 is 0 Å². The van der Waals surface area contributed by atoms with Gasteiger partial charge in [-0.25, -0.2) is 9.78 Å². The summed E-state index contributed by atoms with van der Waals surface area (Å²) in [5, 5.41) is 12.3. The van der Waals surface area contributed by atoms with E-state index in [0.717, 1.165) is 42.6 Å². The number of nitrogens with zero attached hydrogens (tertiary/aromatic N) is 4. The molecule has 1 N–H and O–H groups in total. The molecule has 0 saturated carbocycles. The molecule has 1 aliphatic heterocycles. The maximum atomic E-state index is 12.9. The number of alkyl halides is 3. The summed E-state index contributed by atoms with van der Waals surface area (Å²) in [4.78, 5) is 17.4. The lowest BCUT2D eigenvalue weighted by molar-refractivity contribution is -0.142. The summed E-state index contributed by atoms with van der Waals surface area (Å²) in [5.74, 6) is -0.882. The van der Waals surface area contributed by atoms with Gasteiger partial charge < -0.3 is 10.0 Å². The average molecular weight is 340 g/mol. The SMILES string of the molecule is O=C(O)c1cn(Cc2ccnc(N3CCCC3)c2)nc1C(F)(F)F. The second kappa shape index (κ2) is 6.14. The van der Waals surface area contributed by atoms with Crippen molar-refractivity contribution in [3.63, 3.8) is 0 Å². The minimum Gasteiger partial charge on any atom is -0.478 e. The minimum atomic E-state index is -4.81. The van der Waals surface area contributed by atoms with Crippen molar-refractivity contribution in [2.45, 2.75) is 25.6 Å². The second-order valence-corrected chi connectivity index (χ2v) is 5.61. The van der Waals surface area contributed by atoms with Gasteiger partial charge in [-0.2, -0.15) is 18.3 Å². The van der Waals surface area contributed by atoms with Gasteiger partial charge in [0.05, 0.1) is 6.54 Å². The van der Waals surface area contributed by atoms with Gasteiger partial charge in [-0.15, -0.1) is 0 Å². The number of rotatable bonds is 4. The molecule has 0 spiro atoms. The Bertz CT molecular complexity index is 751. The van der Waals surface area contributed by atoms with Crippen molar-refractivity contribution < 1.29 is 23.1 Å². The van der Waals surface area contributed by atoms with E-state index in [4.69, 9.17) is 5.11 Å². The fourth-order valence-electron chi connectivity index (χ4n) is 2.73. The number of carbonyl (C=O) groups is 1. The number of pyridine rings is 1. The van der Waals surface area contributed by atoms with Gasteiger partial charge >= 0.3 is 12.1 Å². The quantitative estimate of drug-likeness (QED) is 0.926. The molecular formula is C15H15F3N4O2. The van der Waals surface area contributed by atoms with E-state index in [2.05, 4.69) is 15.0 Å². The molecule has 9 heteroatoms. The number of hydrogen-bond donors (Lipinski definition) is 1. The van der Waals surface area contributed by atoms with Crippen LogP contribution in [0, 0.1) is 0 Å². The predicted octanol–water partition coefficient (Wildman–Crippen LogP) is 2.64. The fourth-order valence-corrected chi connectivity index (χ4v) is 2.73. The second-order valence-electron chi connectivity index (χ2n) is 5.61. The highest BCUT2D eigenvalue weighted by Crippen LogP contribution is 2.31. The molecule has 3 heterocycles. The number of carboxylic acid groups (broad SMARTS) is 1. The molecule has 0 aliphatic carbocycles. The van der Waals surface area contributed by atoms with Gasteiger partial charge in [-0.3, -0.25) is 4.68 Å². The van der Waals surface area contributed by atoms with Crippen LogP contribution in [0.25, 0.3) is 0 Å². The van der Waals surface area contributed by atoms with E-state index < -0.39 is 23.4 Å². The first-order chi connectivity index (χ1) is 11.3. The summed E-state index contributed by atoms with van der Waals surface area (Å²) in [5.41, 5.74) is -1.53. The largest absolute Gasteiger partial charge is 0.478 e. The van der Waals surface area contributed by atoms with Crippen LogP contribution in [0.3, 0.4) is 0 Å². The third-order valence-electron chi connectivity index (χ3n) is 3.85. The number of aromatic nitrogens is 3. The van der Waals surface area contributed by atoms with Crippen LogP contribution in [0.2, 0.25) is 0 Å². The first-order valence-corrected chi connectivity index (χ1v) is 7.42. The van der Waals surface area contributed by atoms with E-state index in [1.807, 2.05) is 0 Å². The highest BCUT2D eigenvalue weighted by molar-refractivity contribution is 5.88. The molecule has 2 aromatic heterocycles. The highest BCUT2D eigenvalue weighted by atomic mass is 19.4. The topological polar surface area (TPSA) is 71.2 Å². The van der Waals surface area contributed by atoms with E-state index in [1.54, 1.807) is 18.3 Å². The Morgan fingerprint density at radius 1 is 1.29 bits per heavy atom. The van der Waals surface area contributed by atoms with Gasteiger partial charge in [0.2, 0.25) is 0 Å². The number of aromatic carboxylic acids is 1. The first kappa shape index (κ1) is 16.3. The van der Waals surface area contributed by atoms with Gasteiger partial charge in [-0.1, -0.05) is 0 Å². The van der Waals surface area contributed by atoms with Crippen LogP contribution in [0.5, 0.6) is 0 Å². The van der Waals surface area contributed by atoms with E-state index in [1.165, 1.54) is 0 Å². The fraction of sp³-hybridized carbons (Fsp3) is 0.400. The lowest BCUT2D eigenvalue weighted by atomic mass is 10.2. The monoisotopic (exact) mass is 340 g/mol. The molecule has 128 valence electrons. The zero-order valence-corrected chi connectivity index (χ0v) is 12.6. The molecular weight excluding hydrogens is 325 g/mol. The zero-order chi connectivity index (χ0) is 17.3. The molecule has 1 saturated heterocycles. The van der Waals surface area contributed by atoms with Gasteiger partial charge in [0.1, 0.15) is 11.4 Å². The van der Waals surface area contributed by atoms with E-state index >= 15 is 0 Å². The Kier molecular flexibility index (Phi) is 4.16. The highest BCUT2D eigenvalue weighted by Gasteiger charge is 2.39. The number of hydrogen-bond acceptors (Lipinski definition) is 4. The van der Waals surface area contributed by atoms with Gasteiger partial charge in [0, 0.05) is 25.5 Å². The lowest BCUT2D eigenvalue weighted by Gasteiger charge is -2.16. The maximum Gasteiger partial charge on any atom is 0.436 e. The standard InChI is InChI=1S/C15H15F3N4O2/c16-15(17,18)13-11(14(23)24)9-22(20-13)8-10-3-4-19-12(7-10)21-5-1-2-6-21/h3-4,7,9H,1-2,5-6,8H2,(H,23,24). The smallest absolute Gasteiger partial charge is 0.436 e. The summed E-state index contributed by atoms with van der Waals surface area (Å²) in [6.45, 7) is 1.85. The Morgan fingerprint density at radius 3 is 2.58 bits per heavy atom. The molecule has 0 amide bonds. The summed E-state index contributed by atoms with van der Waals surface area (Å²) < 4.78 is 39.6. The van der Waals surface area contributed by atoms with Crippen molar-refractivity contribution in [2.24, 2.45) is 0 Å². The summed E-state index contributed by atoms with van der Waals surface area (Å²) in [7, 11) is 0. The minimum absolute atomic E-state index is 0.0414. The lowest BCUT2D eigenvalue weighted by Crippen LogP contribution is -2.19. The molecule has 1 aliphatic rings. The van der Waals surface area contributed by atoms with Gasteiger partial charge in [0.25, 0.3) is 0 Å². The summed E-state index contributed by atoms with van der Waals surface area (Å²) >= 11 is 0. The molecule has 2 aromatic rings. The molecule has 1 fully saturated rings. The number of carboxylic acids is 1. The molecule has 0 atom stereocenters. The Balaban J connectivity index is 1.86. The van der Waals surface area contributed by atoms with Crippen molar-refractivity contribution in [1.29, 1.82) is 0 Å². The molecule has 0 bridgehead atoms. The first-order valence-electron chi connectivity index (χ1n) is 7.42. The zero-order valence-electron chi connectivity index (χ0n) is 12.6. The normalized spacial score (nSPS) is 15.0. The molecule has 3 rings (SSSR count). The van der Waals surface area contributed by atoms with Crippen LogP contribution in [0.15, 0.2) is 24.5 Å². The summed E-state index contributed by atoms with van der Waals surface area (Å²) in [6.07, 6.45) is -0.141. The molecule has 24 heavy (non-hydrogen) atoms. The molecule has 0 unspecified atom stereocenters. The van der Waals surface area contributed by atoms with E-state index in [-0.39, 0.29) is 6.54 Å². The van der Waals surface area contributed by atoms with Crippen LogP contribution in [0.1, 0.15) is 34.5 Å². The molecule has 0 aromatic carbocycles. The van der Waals surface area contributed by atoms with Gasteiger partial charge in [-0.05, 0) is 30.5 Å². The number of anilines is 1. The van der Waals surface area contributed by atoms with Crippen LogP contribution in [-0.4, -0.2) is 38.9 Å². The van der Waals surface area contributed by atoms with Gasteiger partial charge in [0.15, 0.2) is 5.69 Å². The Morgan fingerprint density at radius 2 is 2.00 bits per heavy atom. The maximum absolute atomic E-state index is 12.9. The van der Waals surface area contributed by atoms with Crippen molar-refractivity contribution in [3.05, 3.63) is 41.3 Å². The predicted molar refractivity (Wildman–Crippen MR) is 79.0 cm³/mol. The third kappa shape index (κ3) is 3.34. The number of halogens is 3. The van der Waals surface area contributed by atoms with Crippen LogP contribution in [0.4, 0.5) is 19.0 Å². The van der Waals surface area contributed by atoms with E-state index in [9.17, 15) is 18.0 Å². The van der Waals surface area contributed by atoms with Crippen molar-refractivity contribution >= 4 is 11.8 Å². The average Bonchev–Trinajstić information content (AvgIpc) is 3.16. The Hall–Kier alpha value is -2.58. The van der Waals surface area contributed by atoms with Crippen molar-refractivity contribution in [1.82, 2.24) is 14.8 Å². The third-order valence-corrected chi connectivity index (χ3v) is 3.85. The van der Waals surface area contributed by atoms with Crippen molar-refractivity contribution in [3.8, 4) is 0 Å². The van der Waals surface area contributed by atoms with Crippen molar-refractivity contribution in [2.75, 3.05) is 18.0 Å². The van der Waals surface area contributed by atoms with Crippen LogP contribution < -0.4 is 4.90 Å². The van der Waals surface area contributed by atoms with Crippen LogP contribution in [-0.2, 0) is 12.7 Å². The van der Waals surface area contributed by atoms with E-state index in [0.29, 0.717) is 5.56 Å². The molecule has 0 radical (unpaired) electrons.